The second-order valence-corrected chi connectivity index (χ2v) is 5.78. The Kier molecular flexibility index (Phi) is 5.50. The Morgan fingerprint density at radius 3 is 2.81 bits per heavy atom. The van der Waals surface area contributed by atoms with Crippen molar-refractivity contribution in [1.29, 1.82) is 0 Å². The number of carbonyl (C=O) groups is 1. The highest BCUT2D eigenvalue weighted by Gasteiger charge is 2.14. The zero-order valence-electron chi connectivity index (χ0n) is 15.0. The summed E-state index contributed by atoms with van der Waals surface area (Å²) >= 11 is 0. The molecule has 2 aromatic heterocycles. The molecule has 3 rings (SSSR count). The van der Waals surface area contributed by atoms with Gasteiger partial charge in [-0.3, -0.25) is 4.68 Å². The van der Waals surface area contributed by atoms with Crippen LogP contribution < -0.4 is 15.4 Å². The summed E-state index contributed by atoms with van der Waals surface area (Å²) in [5, 5.41) is 19.5. The molecule has 0 spiro atoms. The lowest BCUT2D eigenvalue weighted by molar-refractivity contribution is 0.0697. The summed E-state index contributed by atoms with van der Waals surface area (Å²) in [4.78, 5) is 19.8. The number of para-hydroxylation sites is 1. The third kappa shape index (κ3) is 4.51. The fourth-order valence-electron chi connectivity index (χ4n) is 2.57. The smallest absolute Gasteiger partial charge is 0.341 e. The van der Waals surface area contributed by atoms with Crippen molar-refractivity contribution in [1.82, 2.24) is 19.7 Å². The predicted molar refractivity (Wildman–Crippen MR) is 101 cm³/mol. The number of ether oxygens (including phenoxy) is 1. The SMILES string of the molecule is COc1ccccc1CCNc1nc(Nc2cnn(C)c2)ncc1C(=O)O. The van der Waals surface area contributed by atoms with Crippen molar-refractivity contribution in [2.75, 3.05) is 24.3 Å². The van der Waals surface area contributed by atoms with Crippen LogP contribution in [0.5, 0.6) is 5.75 Å². The van der Waals surface area contributed by atoms with Crippen LogP contribution in [-0.4, -0.2) is 44.5 Å². The average molecular weight is 368 g/mol. The first kappa shape index (κ1) is 18.2. The minimum Gasteiger partial charge on any atom is -0.496 e. The topological polar surface area (TPSA) is 114 Å². The minimum atomic E-state index is -1.09. The molecule has 0 unspecified atom stereocenters. The van der Waals surface area contributed by atoms with Gasteiger partial charge in [0.15, 0.2) is 0 Å². The van der Waals surface area contributed by atoms with Gasteiger partial charge in [0.1, 0.15) is 17.1 Å². The molecule has 0 radical (unpaired) electrons. The Morgan fingerprint density at radius 2 is 2.11 bits per heavy atom. The molecular formula is C18H20N6O3. The maximum Gasteiger partial charge on any atom is 0.341 e. The maximum absolute atomic E-state index is 11.5. The zero-order chi connectivity index (χ0) is 19.2. The zero-order valence-corrected chi connectivity index (χ0v) is 15.0. The van der Waals surface area contributed by atoms with Crippen molar-refractivity contribution >= 4 is 23.4 Å². The number of aromatic nitrogens is 4. The fourth-order valence-corrected chi connectivity index (χ4v) is 2.57. The summed E-state index contributed by atoms with van der Waals surface area (Å²) in [5.74, 6) is 0.230. The molecule has 0 saturated heterocycles. The molecule has 0 aliphatic rings. The van der Waals surface area contributed by atoms with Crippen LogP contribution in [0.4, 0.5) is 17.5 Å². The molecule has 3 N–H and O–H groups in total. The van der Waals surface area contributed by atoms with Gasteiger partial charge in [-0.1, -0.05) is 18.2 Å². The Labute approximate surface area is 156 Å². The molecule has 2 heterocycles. The van der Waals surface area contributed by atoms with E-state index in [2.05, 4.69) is 25.7 Å². The normalized spacial score (nSPS) is 10.4. The summed E-state index contributed by atoms with van der Waals surface area (Å²) in [7, 11) is 3.42. The maximum atomic E-state index is 11.5. The number of anilines is 3. The van der Waals surface area contributed by atoms with Crippen molar-refractivity contribution in [2.45, 2.75) is 6.42 Å². The lowest BCUT2D eigenvalue weighted by Crippen LogP contribution is -2.13. The third-order valence-electron chi connectivity index (χ3n) is 3.86. The Bertz CT molecular complexity index is 940. The largest absolute Gasteiger partial charge is 0.496 e. The molecule has 9 nitrogen and oxygen atoms in total. The van der Waals surface area contributed by atoms with E-state index < -0.39 is 5.97 Å². The van der Waals surface area contributed by atoms with Crippen LogP contribution in [0.3, 0.4) is 0 Å². The van der Waals surface area contributed by atoms with E-state index in [0.29, 0.717) is 18.7 Å². The monoisotopic (exact) mass is 368 g/mol. The number of carboxylic acid groups (broad SMARTS) is 1. The number of carboxylic acids is 1. The standard InChI is InChI=1S/C18H20N6O3/c1-24-11-13(9-21-24)22-18-20-10-14(17(25)26)16(23-18)19-8-7-12-5-3-4-6-15(12)27-2/h3-6,9-11H,7-8H2,1-2H3,(H,25,26)(H2,19,20,22,23). The number of hydrogen-bond donors (Lipinski definition) is 3. The van der Waals surface area contributed by atoms with E-state index in [-0.39, 0.29) is 17.3 Å². The Hall–Kier alpha value is -3.62. The summed E-state index contributed by atoms with van der Waals surface area (Å²) in [6.07, 6.45) is 5.32. The van der Waals surface area contributed by atoms with E-state index in [1.54, 1.807) is 31.2 Å². The quantitative estimate of drug-likeness (QED) is 0.555. The number of nitrogens with one attached hydrogen (secondary N) is 2. The van der Waals surface area contributed by atoms with E-state index in [9.17, 15) is 9.90 Å². The average Bonchev–Trinajstić information content (AvgIpc) is 3.07. The van der Waals surface area contributed by atoms with Crippen molar-refractivity contribution in [3.8, 4) is 5.75 Å². The number of aryl methyl sites for hydroxylation is 1. The first-order chi connectivity index (χ1) is 13.1. The first-order valence-electron chi connectivity index (χ1n) is 8.28. The van der Waals surface area contributed by atoms with Gasteiger partial charge < -0.3 is 20.5 Å². The first-order valence-corrected chi connectivity index (χ1v) is 8.28. The Balaban J connectivity index is 1.73. The van der Waals surface area contributed by atoms with E-state index in [1.807, 2.05) is 24.3 Å². The molecule has 3 aromatic rings. The Morgan fingerprint density at radius 1 is 1.30 bits per heavy atom. The molecule has 0 bridgehead atoms. The molecule has 9 heteroatoms. The van der Waals surface area contributed by atoms with Gasteiger partial charge in [-0.25, -0.2) is 9.78 Å². The van der Waals surface area contributed by atoms with Gasteiger partial charge in [0, 0.05) is 26.0 Å². The van der Waals surface area contributed by atoms with Gasteiger partial charge in [-0.05, 0) is 18.1 Å². The fraction of sp³-hybridized carbons (Fsp3) is 0.222. The van der Waals surface area contributed by atoms with Crippen LogP contribution in [0.1, 0.15) is 15.9 Å². The minimum absolute atomic E-state index is 0.00626. The molecule has 27 heavy (non-hydrogen) atoms. The number of hydrogen-bond acceptors (Lipinski definition) is 7. The second-order valence-electron chi connectivity index (χ2n) is 5.78. The summed E-state index contributed by atoms with van der Waals surface area (Å²) < 4.78 is 6.97. The number of methoxy groups -OCH3 is 1. The van der Waals surface area contributed by atoms with Crippen LogP contribution in [0.25, 0.3) is 0 Å². The molecule has 0 saturated carbocycles. The van der Waals surface area contributed by atoms with Crippen LogP contribution in [0.15, 0.2) is 42.9 Å². The highest BCUT2D eigenvalue weighted by Crippen LogP contribution is 2.20. The summed E-state index contributed by atoms with van der Waals surface area (Å²) in [6.45, 7) is 0.490. The summed E-state index contributed by atoms with van der Waals surface area (Å²) in [5.41, 5.74) is 1.74. The van der Waals surface area contributed by atoms with Crippen molar-refractivity contribution in [3.63, 3.8) is 0 Å². The number of benzene rings is 1. The van der Waals surface area contributed by atoms with Gasteiger partial charge in [0.05, 0.1) is 19.0 Å². The number of aromatic carboxylic acids is 1. The molecule has 0 aliphatic heterocycles. The molecular weight excluding hydrogens is 348 g/mol. The van der Waals surface area contributed by atoms with Gasteiger partial charge >= 0.3 is 5.97 Å². The van der Waals surface area contributed by atoms with Gasteiger partial charge in [-0.2, -0.15) is 10.1 Å². The highest BCUT2D eigenvalue weighted by molar-refractivity contribution is 5.93. The van der Waals surface area contributed by atoms with E-state index in [4.69, 9.17) is 4.74 Å². The van der Waals surface area contributed by atoms with Gasteiger partial charge in [0.2, 0.25) is 5.95 Å². The lowest BCUT2D eigenvalue weighted by Gasteiger charge is -2.12. The van der Waals surface area contributed by atoms with Gasteiger partial charge in [0.25, 0.3) is 0 Å². The molecule has 0 aliphatic carbocycles. The van der Waals surface area contributed by atoms with E-state index >= 15 is 0 Å². The van der Waals surface area contributed by atoms with Crippen LogP contribution in [0, 0.1) is 0 Å². The molecule has 140 valence electrons. The van der Waals surface area contributed by atoms with E-state index in [1.165, 1.54) is 6.20 Å². The predicted octanol–water partition coefficient (Wildman–Crippen LogP) is 2.32. The molecule has 0 fully saturated rings. The number of rotatable bonds is 8. The van der Waals surface area contributed by atoms with E-state index in [0.717, 1.165) is 11.3 Å². The van der Waals surface area contributed by atoms with Crippen molar-refractivity contribution in [3.05, 3.63) is 54.0 Å². The second kappa shape index (κ2) is 8.17. The summed E-state index contributed by atoms with van der Waals surface area (Å²) in [6, 6.07) is 7.69. The molecule has 1 aromatic carbocycles. The van der Waals surface area contributed by atoms with Crippen molar-refractivity contribution in [2.24, 2.45) is 7.05 Å². The van der Waals surface area contributed by atoms with Crippen LogP contribution in [-0.2, 0) is 13.5 Å². The highest BCUT2D eigenvalue weighted by atomic mass is 16.5. The molecule has 0 atom stereocenters. The van der Waals surface area contributed by atoms with Crippen molar-refractivity contribution < 1.29 is 14.6 Å². The molecule has 0 amide bonds. The van der Waals surface area contributed by atoms with Gasteiger partial charge in [-0.15, -0.1) is 0 Å². The van der Waals surface area contributed by atoms with Crippen LogP contribution >= 0.6 is 0 Å². The third-order valence-corrected chi connectivity index (χ3v) is 3.86. The number of nitrogens with zero attached hydrogens (tertiary/aromatic N) is 4. The lowest BCUT2D eigenvalue weighted by atomic mass is 10.1. The van der Waals surface area contributed by atoms with Crippen LogP contribution in [0.2, 0.25) is 0 Å².